The summed E-state index contributed by atoms with van der Waals surface area (Å²) in [4.78, 5) is 11.7. The maximum atomic E-state index is 11.7. The van der Waals surface area contributed by atoms with Crippen LogP contribution in [-0.2, 0) is 11.3 Å². The number of rotatable bonds is 1. The third-order valence-electron chi connectivity index (χ3n) is 2.92. The fourth-order valence-electron chi connectivity index (χ4n) is 2.08. The highest BCUT2D eigenvalue weighted by molar-refractivity contribution is 6.01. The molecule has 0 aliphatic carbocycles. The number of cyclic esters (lactones) is 1. The molecular formula is C14H10O3. The topological polar surface area (TPSA) is 46.5 Å². The third kappa shape index (κ3) is 1.47. The molecule has 1 heterocycles. The van der Waals surface area contributed by atoms with Crippen molar-refractivity contribution in [2.24, 2.45) is 0 Å². The van der Waals surface area contributed by atoms with E-state index in [0.717, 1.165) is 11.1 Å². The summed E-state index contributed by atoms with van der Waals surface area (Å²) in [6, 6.07) is 12.9. The lowest BCUT2D eigenvalue weighted by Crippen LogP contribution is -1.97. The fourth-order valence-corrected chi connectivity index (χ4v) is 2.08. The first kappa shape index (κ1) is 9.90. The molecule has 0 bridgehead atoms. The number of carbonyl (C=O) groups is 1. The van der Waals surface area contributed by atoms with Crippen LogP contribution in [0.25, 0.3) is 11.1 Å². The van der Waals surface area contributed by atoms with Crippen LogP contribution in [-0.4, -0.2) is 11.1 Å². The van der Waals surface area contributed by atoms with Crippen molar-refractivity contribution < 1.29 is 14.6 Å². The van der Waals surface area contributed by atoms with Crippen molar-refractivity contribution in [3.05, 3.63) is 53.6 Å². The Labute approximate surface area is 98.3 Å². The van der Waals surface area contributed by atoms with E-state index >= 15 is 0 Å². The molecule has 1 aliphatic heterocycles. The van der Waals surface area contributed by atoms with Gasteiger partial charge in [0.25, 0.3) is 0 Å². The standard InChI is InChI=1S/C14H10O3/c15-12-7-6-10(9-4-2-1-3-5-9)13-11(12)8-17-14(13)16/h1-7,15H,8H2. The van der Waals surface area contributed by atoms with Gasteiger partial charge in [-0.15, -0.1) is 0 Å². The molecule has 3 rings (SSSR count). The van der Waals surface area contributed by atoms with Gasteiger partial charge in [0.05, 0.1) is 5.56 Å². The molecule has 2 aromatic rings. The Morgan fingerprint density at radius 3 is 2.59 bits per heavy atom. The molecule has 0 radical (unpaired) electrons. The van der Waals surface area contributed by atoms with Gasteiger partial charge in [-0.2, -0.15) is 0 Å². The molecule has 17 heavy (non-hydrogen) atoms. The lowest BCUT2D eigenvalue weighted by atomic mass is 9.96. The van der Waals surface area contributed by atoms with Crippen LogP contribution in [0.2, 0.25) is 0 Å². The van der Waals surface area contributed by atoms with Crippen LogP contribution in [0, 0.1) is 0 Å². The molecule has 0 amide bonds. The monoisotopic (exact) mass is 226 g/mol. The van der Waals surface area contributed by atoms with Gasteiger partial charge in [-0.25, -0.2) is 4.79 Å². The molecule has 0 saturated carbocycles. The fraction of sp³-hybridized carbons (Fsp3) is 0.0714. The predicted octanol–water partition coefficient (Wildman–Crippen LogP) is 2.73. The second-order valence-corrected chi connectivity index (χ2v) is 3.93. The van der Waals surface area contributed by atoms with Crippen molar-refractivity contribution in [2.45, 2.75) is 6.61 Å². The van der Waals surface area contributed by atoms with E-state index in [9.17, 15) is 9.90 Å². The number of aromatic hydroxyl groups is 1. The largest absolute Gasteiger partial charge is 0.508 e. The Balaban J connectivity index is 2.26. The lowest BCUT2D eigenvalue weighted by molar-refractivity contribution is 0.0535. The SMILES string of the molecule is O=C1OCc2c(O)ccc(-c3ccccc3)c21. The summed E-state index contributed by atoms with van der Waals surface area (Å²) in [7, 11) is 0. The van der Waals surface area contributed by atoms with Crippen molar-refractivity contribution in [1.29, 1.82) is 0 Å². The normalized spacial score (nSPS) is 13.3. The molecule has 0 atom stereocenters. The summed E-state index contributed by atoms with van der Waals surface area (Å²) < 4.78 is 4.97. The van der Waals surface area contributed by atoms with E-state index in [1.807, 2.05) is 30.3 Å². The number of hydrogen-bond acceptors (Lipinski definition) is 3. The van der Waals surface area contributed by atoms with Gasteiger partial charge in [-0.05, 0) is 23.3 Å². The van der Waals surface area contributed by atoms with Gasteiger partial charge in [-0.1, -0.05) is 30.3 Å². The summed E-state index contributed by atoms with van der Waals surface area (Å²) in [5.74, 6) is -0.250. The highest BCUT2D eigenvalue weighted by atomic mass is 16.5. The number of carbonyl (C=O) groups excluding carboxylic acids is 1. The summed E-state index contributed by atoms with van der Waals surface area (Å²) in [5, 5.41) is 9.69. The van der Waals surface area contributed by atoms with Crippen molar-refractivity contribution >= 4 is 5.97 Å². The number of ether oxygens (including phenoxy) is 1. The van der Waals surface area contributed by atoms with E-state index in [2.05, 4.69) is 0 Å². The molecule has 0 unspecified atom stereocenters. The Kier molecular flexibility index (Phi) is 2.11. The van der Waals surface area contributed by atoms with Crippen molar-refractivity contribution in [3.8, 4) is 16.9 Å². The number of fused-ring (bicyclic) bond motifs is 1. The summed E-state index contributed by atoms with van der Waals surface area (Å²) in [6.07, 6.45) is 0. The first-order chi connectivity index (χ1) is 8.27. The molecule has 2 aromatic carbocycles. The zero-order chi connectivity index (χ0) is 11.8. The molecule has 84 valence electrons. The van der Waals surface area contributed by atoms with Gasteiger partial charge in [0.1, 0.15) is 12.4 Å². The summed E-state index contributed by atoms with van der Waals surface area (Å²) in [5.41, 5.74) is 2.82. The van der Waals surface area contributed by atoms with Crippen LogP contribution in [0.15, 0.2) is 42.5 Å². The maximum absolute atomic E-state index is 11.7. The average molecular weight is 226 g/mol. The number of hydrogen-bond donors (Lipinski definition) is 1. The zero-order valence-electron chi connectivity index (χ0n) is 9.01. The minimum absolute atomic E-state index is 0.116. The highest BCUT2D eigenvalue weighted by Gasteiger charge is 2.27. The van der Waals surface area contributed by atoms with E-state index in [4.69, 9.17) is 4.74 Å². The first-order valence-corrected chi connectivity index (χ1v) is 5.35. The first-order valence-electron chi connectivity index (χ1n) is 5.35. The van der Waals surface area contributed by atoms with E-state index in [1.165, 1.54) is 0 Å². The lowest BCUT2D eigenvalue weighted by Gasteiger charge is -2.06. The van der Waals surface area contributed by atoms with E-state index in [0.29, 0.717) is 11.1 Å². The quantitative estimate of drug-likeness (QED) is 0.760. The van der Waals surface area contributed by atoms with Crippen molar-refractivity contribution in [3.63, 3.8) is 0 Å². The second kappa shape index (κ2) is 3.63. The van der Waals surface area contributed by atoms with Crippen molar-refractivity contribution in [2.75, 3.05) is 0 Å². The number of esters is 1. The highest BCUT2D eigenvalue weighted by Crippen LogP contribution is 2.36. The smallest absolute Gasteiger partial charge is 0.339 e. The van der Waals surface area contributed by atoms with Crippen LogP contribution in [0.3, 0.4) is 0 Å². The predicted molar refractivity (Wildman–Crippen MR) is 62.7 cm³/mol. The molecule has 1 N–H and O–H groups in total. The second-order valence-electron chi connectivity index (χ2n) is 3.93. The third-order valence-corrected chi connectivity index (χ3v) is 2.92. The molecule has 3 heteroatoms. The van der Waals surface area contributed by atoms with Gasteiger partial charge in [0, 0.05) is 5.56 Å². The van der Waals surface area contributed by atoms with E-state index in [-0.39, 0.29) is 18.3 Å². The van der Waals surface area contributed by atoms with Crippen LogP contribution in [0.1, 0.15) is 15.9 Å². The van der Waals surface area contributed by atoms with Crippen LogP contribution in [0.4, 0.5) is 0 Å². The Hall–Kier alpha value is -2.29. The minimum Gasteiger partial charge on any atom is -0.508 e. The minimum atomic E-state index is -0.366. The molecule has 1 aliphatic rings. The number of phenolic OH excluding ortho intramolecular Hbond substituents is 1. The van der Waals surface area contributed by atoms with Gasteiger partial charge >= 0.3 is 5.97 Å². The zero-order valence-corrected chi connectivity index (χ0v) is 9.01. The summed E-state index contributed by atoms with van der Waals surface area (Å²) in [6.45, 7) is 0.153. The number of phenols is 1. The Morgan fingerprint density at radius 1 is 1.06 bits per heavy atom. The van der Waals surface area contributed by atoms with E-state index in [1.54, 1.807) is 12.1 Å². The van der Waals surface area contributed by atoms with Gasteiger partial charge < -0.3 is 9.84 Å². The van der Waals surface area contributed by atoms with Gasteiger partial charge in [0.15, 0.2) is 0 Å². The molecule has 0 fully saturated rings. The molecular weight excluding hydrogens is 216 g/mol. The molecule has 0 saturated heterocycles. The van der Waals surface area contributed by atoms with Crippen LogP contribution in [0.5, 0.6) is 5.75 Å². The summed E-state index contributed by atoms with van der Waals surface area (Å²) >= 11 is 0. The molecule has 0 aromatic heterocycles. The molecule has 3 nitrogen and oxygen atoms in total. The van der Waals surface area contributed by atoms with Crippen LogP contribution >= 0.6 is 0 Å². The van der Waals surface area contributed by atoms with Crippen LogP contribution < -0.4 is 0 Å². The Bertz CT molecular complexity index is 588. The maximum Gasteiger partial charge on any atom is 0.339 e. The van der Waals surface area contributed by atoms with Crippen molar-refractivity contribution in [1.82, 2.24) is 0 Å². The molecule has 0 spiro atoms. The average Bonchev–Trinajstić information content (AvgIpc) is 2.75. The number of benzene rings is 2. The van der Waals surface area contributed by atoms with Gasteiger partial charge in [-0.3, -0.25) is 0 Å². The van der Waals surface area contributed by atoms with E-state index < -0.39 is 0 Å². The Morgan fingerprint density at radius 2 is 1.82 bits per heavy atom. The van der Waals surface area contributed by atoms with Gasteiger partial charge in [0.2, 0.25) is 0 Å².